The second-order valence-electron chi connectivity index (χ2n) is 6.05. The van der Waals surface area contributed by atoms with Crippen molar-refractivity contribution < 1.29 is 26.4 Å². The molecule has 26 heavy (non-hydrogen) atoms. The number of nitrogens with zero attached hydrogens (tertiary/aromatic N) is 1. The summed E-state index contributed by atoms with van der Waals surface area (Å²) in [6, 6.07) is 5.97. The van der Waals surface area contributed by atoms with Crippen LogP contribution >= 0.6 is 0 Å². The first-order valence-corrected chi connectivity index (χ1v) is 9.57. The Bertz CT molecular complexity index is 876. The van der Waals surface area contributed by atoms with Crippen LogP contribution in [0.5, 0.6) is 0 Å². The number of sulfonamides is 1. The molecule has 1 amide bonds. The van der Waals surface area contributed by atoms with Gasteiger partial charge >= 0.3 is 0 Å². The zero-order valence-electron chi connectivity index (χ0n) is 13.8. The second-order valence-corrected chi connectivity index (χ2v) is 7.99. The molecule has 1 aliphatic rings. The monoisotopic (exact) mass is 384 g/mol. The molecule has 2 heterocycles. The summed E-state index contributed by atoms with van der Waals surface area (Å²) in [5, 5.41) is 2.76. The molecule has 0 unspecified atom stereocenters. The maximum Gasteiger partial charge on any atom is 0.243 e. The van der Waals surface area contributed by atoms with Crippen molar-refractivity contribution in [2.75, 3.05) is 13.1 Å². The number of carbonyl (C=O) groups excluding carboxylic acids is 1. The fraction of sp³-hybridized carbons (Fsp3) is 0.353. The molecule has 0 bridgehead atoms. The highest BCUT2D eigenvalue weighted by atomic mass is 32.2. The number of piperidine rings is 1. The highest BCUT2D eigenvalue weighted by Crippen LogP contribution is 2.25. The molecule has 1 N–H and O–H groups in total. The number of amides is 1. The first-order chi connectivity index (χ1) is 12.4. The highest BCUT2D eigenvalue weighted by Gasteiger charge is 2.32. The average molecular weight is 384 g/mol. The maximum absolute atomic E-state index is 13.3. The van der Waals surface area contributed by atoms with Gasteiger partial charge in [0.25, 0.3) is 0 Å². The van der Waals surface area contributed by atoms with Crippen molar-refractivity contribution in [2.24, 2.45) is 5.92 Å². The summed E-state index contributed by atoms with van der Waals surface area (Å²) >= 11 is 0. The van der Waals surface area contributed by atoms with Crippen LogP contribution in [0.1, 0.15) is 18.6 Å². The lowest BCUT2D eigenvalue weighted by atomic mass is 9.97. The molecule has 0 saturated carbocycles. The molecule has 140 valence electrons. The minimum Gasteiger partial charge on any atom is -0.467 e. The van der Waals surface area contributed by atoms with Crippen LogP contribution in [0.15, 0.2) is 45.9 Å². The van der Waals surface area contributed by atoms with Crippen molar-refractivity contribution in [1.82, 2.24) is 9.62 Å². The number of rotatable bonds is 5. The molecule has 0 aliphatic carbocycles. The van der Waals surface area contributed by atoms with Gasteiger partial charge in [-0.3, -0.25) is 4.79 Å². The summed E-state index contributed by atoms with van der Waals surface area (Å²) in [6.07, 6.45) is 2.23. The Morgan fingerprint density at radius 3 is 2.54 bits per heavy atom. The van der Waals surface area contributed by atoms with E-state index in [2.05, 4.69) is 5.32 Å². The molecule has 1 aliphatic heterocycles. The van der Waals surface area contributed by atoms with Crippen molar-refractivity contribution in [2.45, 2.75) is 24.3 Å². The largest absolute Gasteiger partial charge is 0.467 e. The first kappa shape index (κ1) is 18.5. The predicted molar refractivity (Wildman–Crippen MR) is 88.4 cm³/mol. The smallest absolute Gasteiger partial charge is 0.243 e. The van der Waals surface area contributed by atoms with Crippen LogP contribution in [-0.2, 0) is 21.4 Å². The number of carbonyl (C=O) groups is 1. The van der Waals surface area contributed by atoms with E-state index in [0.717, 1.165) is 12.1 Å². The molecular formula is C17H18F2N2O4S. The van der Waals surface area contributed by atoms with Crippen molar-refractivity contribution in [1.29, 1.82) is 0 Å². The number of hydrogen-bond acceptors (Lipinski definition) is 4. The number of nitrogens with one attached hydrogen (secondary N) is 1. The number of furan rings is 1. The van der Waals surface area contributed by atoms with E-state index in [0.29, 0.717) is 24.7 Å². The fourth-order valence-corrected chi connectivity index (χ4v) is 4.36. The van der Waals surface area contributed by atoms with Gasteiger partial charge in [0.15, 0.2) is 11.6 Å². The quantitative estimate of drug-likeness (QED) is 0.858. The first-order valence-electron chi connectivity index (χ1n) is 8.13. The van der Waals surface area contributed by atoms with Crippen LogP contribution in [0.4, 0.5) is 8.78 Å². The summed E-state index contributed by atoms with van der Waals surface area (Å²) in [5.74, 6) is -2.14. The van der Waals surface area contributed by atoms with Gasteiger partial charge in [0.2, 0.25) is 15.9 Å². The lowest BCUT2D eigenvalue weighted by Crippen LogP contribution is -2.42. The molecule has 1 aromatic heterocycles. The maximum atomic E-state index is 13.3. The standard InChI is InChI=1S/C17H18F2N2O4S/c18-15-4-3-14(10-16(15)19)26(23,24)21-7-5-12(6-8-21)17(22)20-11-13-2-1-9-25-13/h1-4,9-10,12H,5-8,11H2,(H,20,22). The molecule has 0 atom stereocenters. The van der Waals surface area contributed by atoms with Crippen LogP contribution in [0.3, 0.4) is 0 Å². The minimum absolute atomic E-state index is 0.139. The van der Waals surface area contributed by atoms with E-state index in [-0.39, 0.29) is 36.4 Å². The van der Waals surface area contributed by atoms with E-state index >= 15 is 0 Å². The SMILES string of the molecule is O=C(NCc1ccco1)C1CCN(S(=O)(=O)c2ccc(F)c(F)c2)CC1. The molecule has 0 spiro atoms. The Balaban J connectivity index is 1.58. The van der Waals surface area contributed by atoms with Crippen LogP contribution in [0.25, 0.3) is 0 Å². The second kappa shape index (κ2) is 7.55. The lowest BCUT2D eigenvalue weighted by molar-refractivity contribution is -0.126. The van der Waals surface area contributed by atoms with E-state index < -0.39 is 21.7 Å². The zero-order valence-corrected chi connectivity index (χ0v) is 14.6. The van der Waals surface area contributed by atoms with E-state index in [1.807, 2.05) is 0 Å². The van der Waals surface area contributed by atoms with Gasteiger partial charge in [0.05, 0.1) is 17.7 Å². The summed E-state index contributed by atoms with van der Waals surface area (Å²) < 4.78 is 57.7. The van der Waals surface area contributed by atoms with E-state index in [9.17, 15) is 22.0 Å². The van der Waals surface area contributed by atoms with Crippen molar-refractivity contribution in [3.8, 4) is 0 Å². The molecule has 6 nitrogen and oxygen atoms in total. The third-order valence-electron chi connectivity index (χ3n) is 4.37. The third kappa shape index (κ3) is 3.94. The summed E-state index contributed by atoms with van der Waals surface area (Å²) in [5.41, 5.74) is 0. The zero-order chi connectivity index (χ0) is 18.7. The molecule has 1 aromatic carbocycles. The highest BCUT2D eigenvalue weighted by molar-refractivity contribution is 7.89. The van der Waals surface area contributed by atoms with Gasteiger partial charge in [-0.15, -0.1) is 0 Å². The Kier molecular flexibility index (Phi) is 5.38. The molecule has 2 aromatic rings. The van der Waals surface area contributed by atoms with Gasteiger partial charge in [0.1, 0.15) is 5.76 Å². The van der Waals surface area contributed by atoms with Crippen LogP contribution in [0, 0.1) is 17.6 Å². The van der Waals surface area contributed by atoms with Crippen molar-refractivity contribution in [3.05, 3.63) is 54.0 Å². The van der Waals surface area contributed by atoms with Crippen LogP contribution in [-0.4, -0.2) is 31.7 Å². The predicted octanol–water partition coefficient (Wildman–Crippen LogP) is 2.27. The van der Waals surface area contributed by atoms with Crippen molar-refractivity contribution in [3.63, 3.8) is 0 Å². The van der Waals surface area contributed by atoms with Gasteiger partial charge in [0, 0.05) is 19.0 Å². The average Bonchev–Trinajstić information content (AvgIpc) is 3.15. The number of hydrogen-bond donors (Lipinski definition) is 1. The van der Waals surface area contributed by atoms with Gasteiger partial charge in [-0.2, -0.15) is 4.31 Å². The normalized spacial score (nSPS) is 16.5. The fourth-order valence-electron chi connectivity index (χ4n) is 2.88. The minimum atomic E-state index is -3.92. The molecule has 9 heteroatoms. The lowest BCUT2D eigenvalue weighted by Gasteiger charge is -2.30. The van der Waals surface area contributed by atoms with Gasteiger partial charge in [-0.05, 0) is 43.2 Å². The summed E-state index contributed by atoms with van der Waals surface area (Å²) in [7, 11) is -3.92. The Hall–Kier alpha value is -2.26. The van der Waals surface area contributed by atoms with Crippen molar-refractivity contribution >= 4 is 15.9 Å². The Morgan fingerprint density at radius 1 is 1.19 bits per heavy atom. The molecule has 1 fully saturated rings. The van der Waals surface area contributed by atoms with Gasteiger partial charge in [-0.1, -0.05) is 0 Å². The van der Waals surface area contributed by atoms with E-state index in [1.165, 1.54) is 10.6 Å². The molecule has 3 rings (SSSR count). The number of benzene rings is 1. The van der Waals surface area contributed by atoms with E-state index in [1.54, 1.807) is 12.1 Å². The summed E-state index contributed by atoms with van der Waals surface area (Å²) in [6.45, 7) is 0.555. The van der Waals surface area contributed by atoms with Gasteiger partial charge < -0.3 is 9.73 Å². The topological polar surface area (TPSA) is 79.6 Å². The Morgan fingerprint density at radius 2 is 1.92 bits per heavy atom. The van der Waals surface area contributed by atoms with Gasteiger partial charge in [-0.25, -0.2) is 17.2 Å². The Labute approximate surface area is 149 Å². The van der Waals surface area contributed by atoms with Crippen LogP contribution in [0.2, 0.25) is 0 Å². The third-order valence-corrected chi connectivity index (χ3v) is 6.27. The molecule has 1 saturated heterocycles. The molecular weight excluding hydrogens is 366 g/mol. The van der Waals surface area contributed by atoms with Crippen LogP contribution < -0.4 is 5.32 Å². The summed E-state index contributed by atoms with van der Waals surface area (Å²) in [4.78, 5) is 11.9. The number of halogens is 2. The van der Waals surface area contributed by atoms with E-state index in [4.69, 9.17) is 4.42 Å². The molecule has 0 radical (unpaired) electrons.